The maximum atomic E-state index is 12.7. The average Bonchev–Trinajstić information content (AvgIpc) is 3.10. The van der Waals surface area contributed by atoms with Crippen LogP contribution in [0.5, 0.6) is 0 Å². The monoisotopic (exact) mass is 377 g/mol. The van der Waals surface area contributed by atoms with Crippen molar-refractivity contribution in [3.05, 3.63) is 83.8 Å². The van der Waals surface area contributed by atoms with Gasteiger partial charge in [-0.1, -0.05) is 24.3 Å². The summed E-state index contributed by atoms with van der Waals surface area (Å²) in [6, 6.07) is 17.4. The molecule has 1 N–H and O–H groups in total. The van der Waals surface area contributed by atoms with E-state index in [1.165, 1.54) is 18.2 Å². The Morgan fingerprint density at radius 1 is 1.00 bits per heavy atom. The summed E-state index contributed by atoms with van der Waals surface area (Å²) in [7, 11) is 0. The van der Waals surface area contributed by atoms with Gasteiger partial charge in [-0.3, -0.25) is 4.79 Å². The van der Waals surface area contributed by atoms with Crippen LogP contribution >= 0.6 is 11.8 Å². The highest BCUT2D eigenvalue weighted by Crippen LogP contribution is 2.31. The Balaban J connectivity index is 1.63. The second-order valence-electron chi connectivity index (χ2n) is 5.40. The quantitative estimate of drug-likeness (QED) is 0.568. The Morgan fingerprint density at radius 2 is 1.77 bits per heavy atom. The normalized spacial score (nSPS) is 11.3. The fraction of sp³-hybridized carbons (Fsp3) is 0.105. The van der Waals surface area contributed by atoms with Crippen LogP contribution in [0, 0.1) is 0 Å². The van der Waals surface area contributed by atoms with Gasteiger partial charge >= 0.3 is 6.18 Å². The van der Waals surface area contributed by atoms with E-state index >= 15 is 0 Å². The molecule has 0 bridgehead atoms. The van der Waals surface area contributed by atoms with Crippen LogP contribution in [0.1, 0.15) is 21.9 Å². The van der Waals surface area contributed by atoms with Crippen LogP contribution in [-0.4, -0.2) is 5.91 Å². The Bertz CT molecular complexity index is 891. The van der Waals surface area contributed by atoms with E-state index in [1.54, 1.807) is 17.8 Å². The SMILES string of the molecule is O=C(Nc1cccc(C(F)(F)F)c1)c1ccc(CSc2ccccc2)o1. The first-order chi connectivity index (χ1) is 12.4. The van der Waals surface area contributed by atoms with Gasteiger partial charge in [-0.2, -0.15) is 13.2 Å². The molecule has 1 amide bonds. The summed E-state index contributed by atoms with van der Waals surface area (Å²) in [6.45, 7) is 0. The molecule has 3 aromatic rings. The van der Waals surface area contributed by atoms with E-state index < -0.39 is 17.6 Å². The van der Waals surface area contributed by atoms with Crippen molar-refractivity contribution in [2.75, 3.05) is 5.32 Å². The number of alkyl halides is 3. The zero-order chi connectivity index (χ0) is 18.6. The molecular weight excluding hydrogens is 363 g/mol. The molecule has 3 rings (SSSR count). The summed E-state index contributed by atoms with van der Waals surface area (Å²) in [5.74, 6) is 0.598. The van der Waals surface area contributed by atoms with Crippen LogP contribution in [0.3, 0.4) is 0 Å². The average molecular weight is 377 g/mol. The molecule has 0 unspecified atom stereocenters. The number of furan rings is 1. The van der Waals surface area contributed by atoms with E-state index in [0.29, 0.717) is 11.5 Å². The molecule has 0 aliphatic carbocycles. The number of halogens is 3. The number of carbonyl (C=O) groups excluding carboxylic acids is 1. The molecule has 26 heavy (non-hydrogen) atoms. The molecule has 0 aliphatic heterocycles. The lowest BCUT2D eigenvalue weighted by molar-refractivity contribution is -0.137. The van der Waals surface area contributed by atoms with Crippen molar-refractivity contribution < 1.29 is 22.4 Å². The molecule has 2 aromatic carbocycles. The highest BCUT2D eigenvalue weighted by Gasteiger charge is 2.30. The Hall–Kier alpha value is -2.67. The van der Waals surface area contributed by atoms with Crippen LogP contribution in [0.2, 0.25) is 0 Å². The smallest absolute Gasteiger partial charge is 0.416 e. The zero-order valence-electron chi connectivity index (χ0n) is 13.4. The molecule has 0 saturated carbocycles. The molecule has 0 fully saturated rings. The number of hydrogen-bond donors (Lipinski definition) is 1. The van der Waals surface area contributed by atoms with E-state index in [4.69, 9.17) is 4.42 Å². The van der Waals surface area contributed by atoms with Crippen molar-refractivity contribution in [1.82, 2.24) is 0 Å². The number of thioether (sulfide) groups is 1. The molecule has 0 radical (unpaired) electrons. The van der Waals surface area contributed by atoms with Crippen molar-refractivity contribution >= 4 is 23.4 Å². The highest BCUT2D eigenvalue weighted by atomic mass is 32.2. The number of rotatable bonds is 5. The summed E-state index contributed by atoms with van der Waals surface area (Å²) >= 11 is 1.56. The zero-order valence-corrected chi connectivity index (χ0v) is 14.2. The Morgan fingerprint density at radius 3 is 2.50 bits per heavy atom. The summed E-state index contributed by atoms with van der Waals surface area (Å²) in [6.07, 6.45) is -4.47. The Kier molecular flexibility index (Phi) is 5.37. The molecule has 7 heteroatoms. The first-order valence-electron chi connectivity index (χ1n) is 7.67. The number of amides is 1. The third-order valence-corrected chi connectivity index (χ3v) is 4.49. The van der Waals surface area contributed by atoms with Crippen LogP contribution in [0.4, 0.5) is 18.9 Å². The van der Waals surface area contributed by atoms with Gasteiger partial charge in [0, 0.05) is 10.6 Å². The van der Waals surface area contributed by atoms with E-state index in [-0.39, 0.29) is 11.4 Å². The molecule has 134 valence electrons. The molecule has 0 aliphatic rings. The maximum Gasteiger partial charge on any atom is 0.416 e. The minimum atomic E-state index is -4.47. The Labute approximate surface area is 152 Å². The van der Waals surface area contributed by atoms with Gasteiger partial charge in [-0.25, -0.2) is 0 Å². The van der Waals surface area contributed by atoms with Gasteiger partial charge in [0.2, 0.25) is 0 Å². The predicted octanol–water partition coefficient (Wildman–Crippen LogP) is 5.84. The van der Waals surface area contributed by atoms with E-state index in [0.717, 1.165) is 17.0 Å². The third-order valence-electron chi connectivity index (χ3n) is 3.46. The summed E-state index contributed by atoms with van der Waals surface area (Å²) in [5, 5.41) is 2.42. The lowest BCUT2D eigenvalue weighted by atomic mass is 10.2. The van der Waals surface area contributed by atoms with E-state index in [2.05, 4.69) is 5.32 Å². The topological polar surface area (TPSA) is 42.2 Å². The number of carbonyl (C=O) groups is 1. The molecule has 1 heterocycles. The van der Waals surface area contributed by atoms with Crippen LogP contribution in [-0.2, 0) is 11.9 Å². The van der Waals surface area contributed by atoms with Gasteiger partial charge in [0.05, 0.1) is 11.3 Å². The minimum Gasteiger partial charge on any atom is -0.455 e. The minimum absolute atomic E-state index is 0.0473. The summed E-state index contributed by atoms with van der Waals surface area (Å²) in [4.78, 5) is 13.2. The summed E-state index contributed by atoms with van der Waals surface area (Å²) < 4.78 is 43.7. The van der Waals surface area contributed by atoms with Crippen molar-refractivity contribution in [3.63, 3.8) is 0 Å². The molecular formula is C19H14F3NO2S. The van der Waals surface area contributed by atoms with E-state index in [1.807, 2.05) is 30.3 Å². The lowest BCUT2D eigenvalue weighted by Gasteiger charge is -2.09. The molecule has 0 spiro atoms. The fourth-order valence-electron chi connectivity index (χ4n) is 2.21. The number of anilines is 1. The van der Waals surface area contributed by atoms with Crippen molar-refractivity contribution in [3.8, 4) is 0 Å². The van der Waals surface area contributed by atoms with Crippen molar-refractivity contribution in [2.45, 2.75) is 16.8 Å². The van der Waals surface area contributed by atoms with Crippen molar-refractivity contribution in [2.24, 2.45) is 0 Å². The second kappa shape index (κ2) is 7.70. The van der Waals surface area contributed by atoms with Gasteiger partial charge < -0.3 is 9.73 Å². The first-order valence-corrected chi connectivity index (χ1v) is 8.65. The van der Waals surface area contributed by atoms with Crippen LogP contribution in [0.15, 0.2) is 76.0 Å². The standard InChI is InChI=1S/C19H14F3NO2S/c20-19(21,22)13-5-4-6-14(11-13)23-18(24)17-10-9-15(25-17)12-26-16-7-2-1-3-8-16/h1-11H,12H2,(H,23,24). The molecule has 3 nitrogen and oxygen atoms in total. The molecule has 0 atom stereocenters. The van der Waals surface area contributed by atoms with Crippen molar-refractivity contribution in [1.29, 1.82) is 0 Å². The summed E-state index contributed by atoms with van der Waals surface area (Å²) in [5.41, 5.74) is -0.767. The van der Waals surface area contributed by atoms with Gasteiger partial charge in [-0.15, -0.1) is 11.8 Å². The number of nitrogens with one attached hydrogen (secondary N) is 1. The lowest BCUT2D eigenvalue weighted by Crippen LogP contribution is -2.12. The molecule has 0 saturated heterocycles. The van der Waals surface area contributed by atoms with Crippen LogP contribution < -0.4 is 5.32 Å². The second-order valence-corrected chi connectivity index (χ2v) is 6.45. The third kappa shape index (κ3) is 4.70. The van der Waals surface area contributed by atoms with Gasteiger partial charge in [0.15, 0.2) is 5.76 Å². The van der Waals surface area contributed by atoms with Gasteiger partial charge in [0.1, 0.15) is 5.76 Å². The number of hydrogen-bond acceptors (Lipinski definition) is 3. The van der Waals surface area contributed by atoms with Gasteiger partial charge in [0.25, 0.3) is 5.91 Å². The fourth-order valence-corrected chi connectivity index (χ4v) is 3.03. The van der Waals surface area contributed by atoms with Crippen LogP contribution in [0.25, 0.3) is 0 Å². The highest BCUT2D eigenvalue weighted by molar-refractivity contribution is 7.98. The first kappa shape index (κ1) is 18.1. The van der Waals surface area contributed by atoms with Gasteiger partial charge in [-0.05, 0) is 42.5 Å². The number of benzene rings is 2. The molecule has 1 aromatic heterocycles. The largest absolute Gasteiger partial charge is 0.455 e. The predicted molar refractivity (Wildman–Crippen MR) is 94.1 cm³/mol. The maximum absolute atomic E-state index is 12.7. The van der Waals surface area contributed by atoms with E-state index in [9.17, 15) is 18.0 Å².